The van der Waals surface area contributed by atoms with Gasteiger partial charge in [0.1, 0.15) is 6.20 Å². The standard InChI is InChI=1S/C8H6N4O5S/c13-8-5-9-10-11(8)18(16,17)7-3-1-6(2-4-7)12(14)15/h1-5,10H. The maximum absolute atomic E-state index is 11.9. The third-order valence-corrected chi connectivity index (χ3v) is 3.72. The summed E-state index contributed by atoms with van der Waals surface area (Å²) < 4.78 is 24.2. The topological polar surface area (TPSA) is 128 Å². The van der Waals surface area contributed by atoms with Gasteiger partial charge in [0, 0.05) is 12.1 Å². The number of aromatic nitrogens is 3. The van der Waals surface area contributed by atoms with E-state index in [1.54, 1.807) is 0 Å². The minimum atomic E-state index is -4.11. The zero-order valence-corrected chi connectivity index (χ0v) is 9.49. The number of rotatable bonds is 3. The van der Waals surface area contributed by atoms with Crippen LogP contribution in [-0.4, -0.2) is 27.7 Å². The molecule has 0 aliphatic heterocycles. The summed E-state index contributed by atoms with van der Waals surface area (Å²) in [4.78, 5) is 20.7. The van der Waals surface area contributed by atoms with Crippen molar-refractivity contribution in [3.63, 3.8) is 0 Å². The lowest BCUT2D eigenvalue weighted by Crippen LogP contribution is -2.25. The molecule has 0 saturated carbocycles. The number of nitrogens with one attached hydrogen (secondary N) is 1. The van der Waals surface area contributed by atoms with Gasteiger partial charge in [-0.25, -0.2) is 5.21 Å². The highest BCUT2D eigenvalue weighted by atomic mass is 32.2. The van der Waals surface area contributed by atoms with Crippen molar-refractivity contribution in [2.75, 3.05) is 0 Å². The molecular formula is C8H6N4O5S. The molecule has 0 fully saturated rings. The van der Waals surface area contributed by atoms with Crippen LogP contribution in [0.3, 0.4) is 0 Å². The average molecular weight is 270 g/mol. The summed E-state index contributed by atoms with van der Waals surface area (Å²) in [6.45, 7) is 0. The Morgan fingerprint density at radius 2 is 1.89 bits per heavy atom. The predicted octanol–water partition coefficient (Wildman–Crippen LogP) is -0.283. The molecule has 0 saturated heterocycles. The second kappa shape index (κ2) is 4.07. The maximum atomic E-state index is 11.9. The number of nitrogens with zero attached hydrogens (tertiary/aromatic N) is 3. The smallest absolute Gasteiger partial charge is 0.265 e. The fraction of sp³-hybridized carbons (Fsp3) is 0. The lowest BCUT2D eigenvalue weighted by molar-refractivity contribution is -0.384. The Bertz CT molecular complexity index is 742. The first-order valence-corrected chi connectivity index (χ1v) is 5.99. The van der Waals surface area contributed by atoms with E-state index in [1.807, 2.05) is 5.21 Å². The van der Waals surface area contributed by atoms with Crippen LogP contribution in [0.25, 0.3) is 0 Å². The van der Waals surface area contributed by atoms with Gasteiger partial charge >= 0.3 is 5.56 Å². The lowest BCUT2D eigenvalue weighted by atomic mass is 10.3. The molecule has 0 unspecified atom stereocenters. The van der Waals surface area contributed by atoms with Crippen LogP contribution in [0.4, 0.5) is 5.69 Å². The second-order valence-electron chi connectivity index (χ2n) is 3.22. The Morgan fingerprint density at radius 1 is 1.28 bits per heavy atom. The van der Waals surface area contributed by atoms with Crippen LogP contribution in [-0.2, 0) is 10.0 Å². The highest BCUT2D eigenvalue weighted by Crippen LogP contribution is 2.16. The van der Waals surface area contributed by atoms with Crippen molar-refractivity contribution in [1.82, 2.24) is 14.4 Å². The van der Waals surface area contributed by atoms with Gasteiger partial charge in [-0.2, -0.15) is 13.5 Å². The first-order chi connectivity index (χ1) is 8.43. The molecule has 0 aliphatic rings. The monoisotopic (exact) mass is 270 g/mol. The molecule has 0 amide bonds. The van der Waals surface area contributed by atoms with Crippen LogP contribution in [0.1, 0.15) is 0 Å². The van der Waals surface area contributed by atoms with Crippen LogP contribution in [0.15, 0.2) is 40.2 Å². The molecule has 2 aromatic rings. The largest absolute Gasteiger partial charge is 0.301 e. The molecule has 18 heavy (non-hydrogen) atoms. The third-order valence-electron chi connectivity index (χ3n) is 2.11. The van der Waals surface area contributed by atoms with Gasteiger partial charge in [-0.1, -0.05) is 0 Å². The summed E-state index contributed by atoms with van der Waals surface area (Å²) in [5.74, 6) is 0. The summed E-state index contributed by atoms with van der Waals surface area (Å²) in [7, 11) is -4.11. The van der Waals surface area contributed by atoms with Crippen molar-refractivity contribution in [1.29, 1.82) is 0 Å². The van der Waals surface area contributed by atoms with Crippen molar-refractivity contribution in [2.24, 2.45) is 0 Å². The Balaban J connectivity index is 2.52. The van der Waals surface area contributed by atoms with Gasteiger partial charge in [0.2, 0.25) is 0 Å². The van der Waals surface area contributed by atoms with Gasteiger partial charge < -0.3 is 0 Å². The summed E-state index contributed by atoms with van der Waals surface area (Å²) in [5, 5.41) is 15.7. The summed E-state index contributed by atoms with van der Waals surface area (Å²) in [5.41, 5.74) is -1.08. The molecule has 2 rings (SSSR count). The Hall–Kier alpha value is -2.49. The van der Waals surface area contributed by atoms with E-state index in [4.69, 9.17) is 0 Å². The van der Waals surface area contributed by atoms with Gasteiger partial charge in [0.25, 0.3) is 15.7 Å². The van der Waals surface area contributed by atoms with Crippen molar-refractivity contribution < 1.29 is 13.3 Å². The summed E-state index contributed by atoms with van der Waals surface area (Å²) in [6.07, 6.45) is 0.808. The van der Waals surface area contributed by atoms with Gasteiger partial charge in [0.05, 0.1) is 9.82 Å². The van der Waals surface area contributed by atoms with Crippen LogP contribution in [0.2, 0.25) is 0 Å². The van der Waals surface area contributed by atoms with E-state index in [0.29, 0.717) is 4.09 Å². The number of H-pyrrole nitrogens is 1. The number of hydrogen-bond acceptors (Lipinski definition) is 6. The molecule has 0 radical (unpaired) electrons. The number of hydrogen-bond donors (Lipinski definition) is 1. The number of benzene rings is 1. The number of nitro groups is 1. The molecule has 94 valence electrons. The van der Waals surface area contributed by atoms with Crippen LogP contribution >= 0.6 is 0 Å². The molecule has 0 atom stereocenters. The minimum Gasteiger partial charge on any atom is -0.265 e. The van der Waals surface area contributed by atoms with Crippen molar-refractivity contribution in [3.05, 3.63) is 50.9 Å². The zero-order chi connectivity index (χ0) is 13.3. The number of non-ortho nitro benzene ring substituents is 1. The van der Waals surface area contributed by atoms with E-state index in [1.165, 1.54) is 0 Å². The van der Waals surface area contributed by atoms with Crippen LogP contribution in [0.5, 0.6) is 0 Å². The van der Waals surface area contributed by atoms with Gasteiger partial charge in [0.15, 0.2) is 0 Å². The number of aromatic amines is 1. The van der Waals surface area contributed by atoms with Crippen molar-refractivity contribution in [3.8, 4) is 0 Å². The van der Waals surface area contributed by atoms with E-state index < -0.39 is 20.5 Å². The number of nitro benzene ring substituents is 1. The molecule has 10 heteroatoms. The molecule has 0 spiro atoms. The molecule has 0 aliphatic carbocycles. The summed E-state index contributed by atoms with van der Waals surface area (Å²) >= 11 is 0. The molecule has 1 N–H and O–H groups in total. The van der Waals surface area contributed by atoms with Crippen molar-refractivity contribution >= 4 is 15.7 Å². The Morgan fingerprint density at radius 3 is 2.33 bits per heavy atom. The van der Waals surface area contributed by atoms with Gasteiger partial charge in [-0.3, -0.25) is 14.9 Å². The SMILES string of the molecule is O=c1cn[nH]n1S(=O)(=O)c1ccc([N+](=O)[O-])cc1. The van der Waals surface area contributed by atoms with Crippen LogP contribution in [0, 0.1) is 10.1 Å². The first-order valence-electron chi connectivity index (χ1n) is 4.55. The highest BCUT2D eigenvalue weighted by Gasteiger charge is 2.20. The van der Waals surface area contributed by atoms with Gasteiger partial charge in [-0.05, 0) is 12.1 Å². The molecular weight excluding hydrogens is 264 g/mol. The molecule has 1 aromatic carbocycles. The second-order valence-corrected chi connectivity index (χ2v) is 5.00. The zero-order valence-electron chi connectivity index (χ0n) is 8.68. The van der Waals surface area contributed by atoms with Crippen molar-refractivity contribution in [2.45, 2.75) is 4.90 Å². The van der Waals surface area contributed by atoms with Crippen LogP contribution < -0.4 is 5.56 Å². The normalized spacial score (nSPS) is 11.3. The maximum Gasteiger partial charge on any atom is 0.301 e. The molecule has 1 aromatic heterocycles. The summed E-state index contributed by atoms with van der Waals surface area (Å²) in [6, 6.07) is 4.16. The molecule has 1 heterocycles. The fourth-order valence-corrected chi connectivity index (χ4v) is 2.39. The first kappa shape index (κ1) is 12.0. The Kier molecular flexibility index (Phi) is 2.71. The van der Waals surface area contributed by atoms with E-state index in [0.717, 1.165) is 30.5 Å². The lowest BCUT2D eigenvalue weighted by Gasteiger charge is -2.02. The average Bonchev–Trinajstić information content (AvgIpc) is 2.76. The van der Waals surface area contributed by atoms with E-state index in [9.17, 15) is 23.3 Å². The van der Waals surface area contributed by atoms with Gasteiger partial charge in [-0.15, -0.1) is 4.09 Å². The molecule has 0 bridgehead atoms. The predicted molar refractivity (Wildman–Crippen MR) is 58.5 cm³/mol. The third kappa shape index (κ3) is 1.88. The minimum absolute atomic E-state index is 0.245. The van der Waals surface area contributed by atoms with E-state index >= 15 is 0 Å². The molecule has 9 nitrogen and oxygen atoms in total. The highest BCUT2D eigenvalue weighted by molar-refractivity contribution is 7.89. The quantitative estimate of drug-likeness (QED) is 0.603. The Labute approximate surface area is 99.9 Å². The van der Waals surface area contributed by atoms with E-state index in [-0.39, 0.29) is 10.6 Å². The van der Waals surface area contributed by atoms with E-state index in [2.05, 4.69) is 5.10 Å². The fourth-order valence-electron chi connectivity index (χ4n) is 1.26.